The molecule has 0 spiro atoms. The zero-order valence-corrected chi connectivity index (χ0v) is 12.6. The molecule has 1 aromatic rings. The van der Waals surface area contributed by atoms with Crippen LogP contribution < -0.4 is 14.8 Å². The Hall–Kier alpha value is -1.23. The van der Waals surface area contributed by atoms with Gasteiger partial charge in [-0.1, -0.05) is 29.8 Å². The Balaban J connectivity index is 2.86. The molecule has 1 atom stereocenters. The molecule has 5 heteroatoms. The van der Waals surface area contributed by atoms with Crippen molar-refractivity contribution in [1.82, 2.24) is 0 Å². The molecule has 0 saturated heterocycles. The van der Waals surface area contributed by atoms with Crippen LogP contribution in [0.4, 0.5) is 5.69 Å². The second kappa shape index (κ2) is 6.64. The summed E-state index contributed by atoms with van der Waals surface area (Å²) in [5.74, 6) is 1.42. The van der Waals surface area contributed by atoms with Crippen molar-refractivity contribution in [2.75, 3.05) is 19.5 Å². The summed E-state index contributed by atoms with van der Waals surface area (Å²) in [5, 5.41) is 2.83. The Morgan fingerprint density at radius 3 is 2.06 bits per heavy atom. The van der Waals surface area contributed by atoms with Crippen molar-refractivity contribution in [3.63, 3.8) is 0 Å². The molecule has 0 radical (unpaired) electrons. The Morgan fingerprint density at radius 2 is 1.67 bits per heavy atom. The average Bonchev–Trinajstić information content (AvgIpc) is 2.36. The van der Waals surface area contributed by atoms with E-state index in [-0.39, 0.29) is 16.7 Å². The third-order valence-electron chi connectivity index (χ3n) is 2.45. The van der Waals surface area contributed by atoms with Gasteiger partial charge in [0.1, 0.15) is 11.5 Å². The molecule has 0 aliphatic carbocycles. The first-order valence-corrected chi connectivity index (χ1v) is 6.57. The van der Waals surface area contributed by atoms with E-state index in [1.165, 1.54) is 0 Å². The van der Waals surface area contributed by atoms with E-state index in [4.69, 9.17) is 9.47 Å². The SMILES string of the molecule is COc1cc(NC(=O)C(Br)C(C)C)cc(OC)c1. The van der Waals surface area contributed by atoms with Crippen LogP contribution in [0.25, 0.3) is 0 Å². The minimum atomic E-state index is -0.227. The van der Waals surface area contributed by atoms with E-state index in [9.17, 15) is 4.79 Å². The standard InChI is InChI=1S/C13H18BrNO3/c1-8(2)12(14)13(16)15-9-5-10(17-3)7-11(6-9)18-4/h5-8,12H,1-4H3,(H,15,16). The highest BCUT2D eigenvalue weighted by Crippen LogP contribution is 2.26. The van der Waals surface area contributed by atoms with E-state index >= 15 is 0 Å². The fourth-order valence-electron chi connectivity index (χ4n) is 1.39. The number of ether oxygens (including phenoxy) is 2. The fraction of sp³-hybridized carbons (Fsp3) is 0.462. The third kappa shape index (κ3) is 3.91. The zero-order valence-electron chi connectivity index (χ0n) is 11.0. The molecule has 0 bridgehead atoms. The van der Waals surface area contributed by atoms with Crippen LogP contribution in [-0.2, 0) is 4.79 Å². The van der Waals surface area contributed by atoms with Gasteiger partial charge >= 0.3 is 0 Å². The number of nitrogens with one attached hydrogen (secondary N) is 1. The largest absolute Gasteiger partial charge is 0.497 e. The van der Waals surface area contributed by atoms with E-state index in [1.807, 2.05) is 13.8 Å². The van der Waals surface area contributed by atoms with E-state index < -0.39 is 0 Å². The normalized spacial score (nSPS) is 12.1. The number of benzene rings is 1. The van der Waals surface area contributed by atoms with Crippen molar-refractivity contribution in [3.8, 4) is 11.5 Å². The van der Waals surface area contributed by atoms with Gasteiger partial charge in [-0.2, -0.15) is 0 Å². The summed E-state index contributed by atoms with van der Waals surface area (Å²) >= 11 is 3.36. The smallest absolute Gasteiger partial charge is 0.238 e. The number of amides is 1. The molecule has 0 heterocycles. The molecule has 1 rings (SSSR count). The molecule has 0 aliphatic heterocycles. The Bertz CT molecular complexity index is 398. The summed E-state index contributed by atoms with van der Waals surface area (Å²) in [6, 6.07) is 5.25. The van der Waals surface area contributed by atoms with E-state index in [0.29, 0.717) is 17.2 Å². The Labute approximate surface area is 116 Å². The molecule has 1 amide bonds. The zero-order chi connectivity index (χ0) is 13.7. The lowest BCUT2D eigenvalue weighted by atomic mass is 10.1. The molecule has 1 N–H and O–H groups in total. The quantitative estimate of drug-likeness (QED) is 0.849. The van der Waals surface area contributed by atoms with Gasteiger partial charge in [-0.15, -0.1) is 0 Å². The topological polar surface area (TPSA) is 47.6 Å². The first-order chi connectivity index (χ1) is 8.47. The van der Waals surface area contributed by atoms with Crippen LogP contribution in [-0.4, -0.2) is 25.0 Å². The van der Waals surface area contributed by atoms with Crippen LogP contribution in [0.1, 0.15) is 13.8 Å². The van der Waals surface area contributed by atoms with Crippen molar-refractivity contribution < 1.29 is 14.3 Å². The Kier molecular flexibility index (Phi) is 5.47. The van der Waals surface area contributed by atoms with Gasteiger partial charge in [0, 0.05) is 23.9 Å². The summed E-state index contributed by atoms with van der Waals surface area (Å²) in [6.45, 7) is 3.95. The highest BCUT2D eigenvalue weighted by molar-refractivity contribution is 9.10. The molecule has 100 valence electrons. The summed E-state index contributed by atoms with van der Waals surface area (Å²) in [7, 11) is 3.14. The van der Waals surface area contributed by atoms with Crippen LogP contribution in [0, 0.1) is 5.92 Å². The number of alkyl halides is 1. The average molecular weight is 316 g/mol. The fourth-order valence-corrected chi connectivity index (χ4v) is 1.51. The number of rotatable bonds is 5. The molecule has 4 nitrogen and oxygen atoms in total. The minimum absolute atomic E-state index is 0.0830. The molecule has 0 aliphatic rings. The van der Waals surface area contributed by atoms with Gasteiger partial charge < -0.3 is 14.8 Å². The van der Waals surface area contributed by atoms with Crippen molar-refractivity contribution in [2.45, 2.75) is 18.7 Å². The van der Waals surface area contributed by atoms with Crippen LogP contribution in [0.15, 0.2) is 18.2 Å². The van der Waals surface area contributed by atoms with Gasteiger partial charge in [-0.05, 0) is 5.92 Å². The number of hydrogen-bond acceptors (Lipinski definition) is 3. The maximum absolute atomic E-state index is 11.9. The third-order valence-corrected chi connectivity index (χ3v) is 3.93. The predicted molar refractivity (Wildman–Crippen MR) is 75.7 cm³/mol. The van der Waals surface area contributed by atoms with Crippen LogP contribution >= 0.6 is 15.9 Å². The number of hydrogen-bond donors (Lipinski definition) is 1. The van der Waals surface area contributed by atoms with E-state index in [0.717, 1.165) is 0 Å². The van der Waals surface area contributed by atoms with Crippen molar-refractivity contribution >= 4 is 27.5 Å². The number of halogens is 1. The van der Waals surface area contributed by atoms with Gasteiger partial charge in [-0.25, -0.2) is 0 Å². The lowest BCUT2D eigenvalue weighted by Gasteiger charge is -2.15. The number of carbonyl (C=O) groups excluding carboxylic acids is 1. The monoisotopic (exact) mass is 315 g/mol. The van der Waals surface area contributed by atoms with Gasteiger partial charge in [0.05, 0.1) is 19.0 Å². The summed E-state index contributed by atoms with van der Waals surface area (Å²) in [4.78, 5) is 11.7. The van der Waals surface area contributed by atoms with Crippen molar-refractivity contribution in [1.29, 1.82) is 0 Å². The summed E-state index contributed by atoms with van der Waals surface area (Å²) in [6.07, 6.45) is 0. The summed E-state index contributed by atoms with van der Waals surface area (Å²) < 4.78 is 10.3. The van der Waals surface area contributed by atoms with Gasteiger partial charge in [-0.3, -0.25) is 4.79 Å². The first-order valence-electron chi connectivity index (χ1n) is 5.66. The lowest BCUT2D eigenvalue weighted by Crippen LogP contribution is -2.26. The molecule has 0 aromatic heterocycles. The van der Waals surface area contributed by atoms with E-state index in [1.54, 1.807) is 32.4 Å². The lowest BCUT2D eigenvalue weighted by molar-refractivity contribution is -0.116. The first kappa shape index (κ1) is 14.8. The maximum Gasteiger partial charge on any atom is 0.238 e. The highest BCUT2D eigenvalue weighted by Gasteiger charge is 2.19. The van der Waals surface area contributed by atoms with Gasteiger partial charge in [0.15, 0.2) is 0 Å². The second-order valence-electron chi connectivity index (χ2n) is 4.24. The van der Waals surface area contributed by atoms with Crippen LogP contribution in [0.5, 0.6) is 11.5 Å². The highest BCUT2D eigenvalue weighted by atomic mass is 79.9. The second-order valence-corrected chi connectivity index (χ2v) is 5.22. The predicted octanol–water partition coefficient (Wildman–Crippen LogP) is 3.06. The van der Waals surface area contributed by atoms with E-state index in [2.05, 4.69) is 21.2 Å². The van der Waals surface area contributed by atoms with Crippen molar-refractivity contribution in [3.05, 3.63) is 18.2 Å². The Morgan fingerprint density at radius 1 is 1.17 bits per heavy atom. The molecule has 1 unspecified atom stereocenters. The van der Waals surface area contributed by atoms with Gasteiger partial charge in [0.2, 0.25) is 5.91 Å². The molecule has 1 aromatic carbocycles. The maximum atomic E-state index is 11.9. The number of carbonyl (C=O) groups is 1. The molecule has 18 heavy (non-hydrogen) atoms. The molecule has 0 saturated carbocycles. The van der Waals surface area contributed by atoms with Gasteiger partial charge in [0.25, 0.3) is 0 Å². The minimum Gasteiger partial charge on any atom is -0.497 e. The number of anilines is 1. The van der Waals surface area contributed by atoms with Crippen LogP contribution in [0.3, 0.4) is 0 Å². The molecular formula is C13H18BrNO3. The number of methoxy groups -OCH3 is 2. The summed E-state index contributed by atoms with van der Waals surface area (Å²) in [5.41, 5.74) is 0.654. The molecular weight excluding hydrogens is 298 g/mol. The van der Waals surface area contributed by atoms with Crippen LogP contribution in [0.2, 0.25) is 0 Å². The van der Waals surface area contributed by atoms with Crippen molar-refractivity contribution in [2.24, 2.45) is 5.92 Å². The molecule has 0 fully saturated rings.